The van der Waals surface area contributed by atoms with Gasteiger partial charge in [0.1, 0.15) is 5.75 Å². The number of terminal acetylenes is 1. The molecule has 17 heavy (non-hydrogen) atoms. The van der Waals surface area contributed by atoms with E-state index >= 15 is 0 Å². The summed E-state index contributed by atoms with van der Waals surface area (Å²) in [5.74, 6) is 4.80. The third-order valence-electron chi connectivity index (χ3n) is 2.15. The van der Waals surface area contributed by atoms with Gasteiger partial charge in [-0.15, -0.1) is 12.3 Å². The minimum absolute atomic E-state index is 0.454. The number of hydrogen-bond acceptors (Lipinski definition) is 4. The predicted octanol–water partition coefficient (Wildman–Crippen LogP) is 2.11. The predicted molar refractivity (Wildman–Crippen MR) is 65.0 cm³/mol. The maximum absolute atomic E-state index is 5.47. The lowest BCUT2D eigenvalue weighted by atomic mass is 10.2. The van der Waals surface area contributed by atoms with Crippen LogP contribution in [-0.2, 0) is 0 Å². The van der Waals surface area contributed by atoms with Crippen LogP contribution in [-0.4, -0.2) is 27.9 Å². The molecule has 0 saturated heterocycles. The first-order chi connectivity index (χ1) is 8.26. The zero-order valence-electron chi connectivity index (χ0n) is 10.3. The van der Waals surface area contributed by atoms with Crippen LogP contribution in [0.2, 0.25) is 0 Å². The fourth-order valence-corrected chi connectivity index (χ4v) is 1.37. The second kappa shape index (κ2) is 6.54. The van der Waals surface area contributed by atoms with Crippen molar-refractivity contribution in [3.05, 3.63) is 12.1 Å². The van der Waals surface area contributed by atoms with Crippen LogP contribution in [0.25, 0.3) is 0 Å². The van der Waals surface area contributed by atoms with E-state index < -0.39 is 0 Å². The van der Waals surface area contributed by atoms with Gasteiger partial charge in [0, 0.05) is 18.6 Å². The molecular formula is C13H16O4. The zero-order chi connectivity index (χ0) is 12.7. The van der Waals surface area contributed by atoms with Crippen LogP contribution in [0.5, 0.6) is 23.0 Å². The van der Waals surface area contributed by atoms with Crippen molar-refractivity contribution in [3.63, 3.8) is 0 Å². The Hall–Kier alpha value is -2.02. The van der Waals surface area contributed by atoms with E-state index in [0.29, 0.717) is 36.0 Å². The molecule has 0 radical (unpaired) electrons. The molecule has 0 N–H and O–H groups in total. The zero-order valence-corrected chi connectivity index (χ0v) is 10.3. The maximum atomic E-state index is 5.47. The number of methoxy groups -OCH3 is 3. The monoisotopic (exact) mass is 236 g/mol. The highest BCUT2D eigenvalue weighted by atomic mass is 16.5. The summed E-state index contributed by atoms with van der Waals surface area (Å²) in [6.07, 6.45) is 5.70. The van der Waals surface area contributed by atoms with Crippen LogP contribution in [0.4, 0.5) is 0 Å². The van der Waals surface area contributed by atoms with Crippen molar-refractivity contribution in [2.75, 3.05) is 27.9 Å². The molecule has 1 aromatic carbocycles. The molecule has 0 unspecified atom stereocenters. The summed E-state index contributed by atoms with van der Waals surface area (Å²) >= 11 is 0. The van der Waals surface area contributed by atoms with Gasteiger partial charge in [0.15, 0.2) is 11.5 Å². The minimum atomic E-state index is 0.454. The Morgan fingerprint density at radius 1 is 1.06 bits per heavy atom. The number of rotatable bonds is 6. The van der Waals surface area contributed by atoms with Crippen LogP contribution < -0.4 is 18.9 Å². The highest BCUT2D eigenvalue weighted by Crippen LogP contribution is 2.40. The molecule has 0 aliphatic carbocycles. The van der Waals surface area contributed by atoms with E-state index in [2.05, 4.69) is 5.92 Å². The van der Waals surface area contributed by atoms with Gasteiger partial charge >= 0.3 is 0 Å². The molecule has 0 bridgehead atoms. The normalized spacial score (nSPS) is 9.29. The molecule has 0 aliphatic heterocycles. The Morgan fingerprint density at radius 3 is 2.06 bits per heavy atom. The second-order valence-electron chi connectivity index (χ2n) is 3.16. The lowest BCUT2D eigenvalue weighted by molar-refractivity contribution is 0.303. The Bertz CT molecular complexity index is 381. The van der Waals surface area contributed by atoms with E-state index in [0.717, 1.165) is 0 Å². The molecule has 0 fully saturated rings. The summed E-state index contributed by atoms with van der Waals surface area (Å²) in [5, 5.41) is 0. The van der Waals surface area contributed by atoms with Crippen molar-refractivity contribution < 1.29 is 18.9 Å². The molecule has 0 atom stereocenters. The molecule has 1 rings (SSSR count). The average Bonchev–Trinajstić information content (AvgIpc) is 2.37. The van der Waals surface area contributed by atoms with E-state index in [1.54, 1.807) is 33.5 Å². The highest BCUT2D eigenvalue weighted by molar-refractivity contribution is 5.55. The van der Waals surface area contributed by atoms with Crippen LogP contribution in [0, 0.1) is 12.3 Å². The quantitative estimate of drug-likeness (QED) is 0.560. The molecule has 92 valence electrons. The summed E-state index contributed by atoms with van der Waals surface area (Å²) in [7, 11) is 4.67. The molecular weight excluding hydrogens is 220 g/mol. The first-order valence-electron chi connectivity index (χ1n) is 5.13. The van der Waals surface area contributed by atoms with Gasteiger partial charge in [-0.25, -0.2) is 0 Å². The largest absolute Gasteiger partial charge is 0.493 e. The maximum Gasteiger partial charge on any atom is 0.203 e. The first kappa shape index (κ1) is 13.0. The standard InChI is InChI=1S/C13H16O4/c1-5-6-7-17-10-8-11(14-2)13(16-4)12(9-10)15-3/h1,8-9H,6-7H2,2-4H3. The fraction of sp³-hybridized carbons (Fsp3) is 0.385. The summed E-state index contributed by atoms with van der Waals surface area (Å²) in [4.78, 5) is 0. The molecule has 0 amide bonds. The van der Waals surface area contributed by atoms with Crippen molar-refractivity contribution in [1.82, 2.24) is 0 Å². The van der Waals surface area contributed by atoms with Gasteiger partial charge in [0.25, 0.3) is 0 Å². The van der Waals surface area contributed by atoms with Crippen molar-refractivity contribution in [2.24, 2.45) is 0 Å². The van der Waals surface area contributed by atoms with E-state index in [-0.39, 0.29) is 0 Å². The molecule has 4 nitrogen and oxygen atoms in total. The molecule has 0 heterocycles. The molecule has 0 aromatic heterocycles. The van der Waals surface area contributed by atoms with Gasteiger partial charge in [0.05, 0.1) is 27.9 Å². The van der Waals surface area contributed by atoms with Crippen molar-refractivity contribution in [2.45, 2.75) is 6.42 Å². The number of benzene rings is 1. The van der Waals surface area contributed by atoms with Gasteiger partial charge in [-0.3, -0.25) is 0 Å². The summed E-state index contributed by atoms with van der Waals surface area (Å²) in [5.41, 5.74) is 0. The van der Waals surface area contributed by atoms with Gasteiger partial charge in [-0.2, -0.15) is 0 Å². The molecule has 1 aromatic rings. The Balaban J connectivity index is 2.97. The third kappa shape index (κ3) is 3.22. The Kier molecular flexibility index (Phi) is 5.02. The summed E-state index contributed by atoms with van der Waals surface area (Å²) in [6.45, 7) is 0.454. The topological polar surface area (TPSA) is 36.9 Å². The van der Waals surface area contributed by atoms with Gasteiger partial charge in [0.2, 0.25) is 5.75 Å². The summed E-state index contributed by atoms with van der Waals surface area (Å²) in [6, 6.07) is 3.47. The van der Waals surface area contributed by atoms with Gasteiger partial charge in [-0.05, 0) is 0 Å². The van der Waals surface area contributed by atoms with Crippen LogP contribution in [0.3, 0.4) is 0 Å². The molecule has 0 spiro atoms. The number of hydrogen-bond donors (Lipinski definition) is 0. The Morgan fingerprint density at radius 2 is 1.65 bits per heavy atom. The van der Waals surface area contributed by atoms with Crippen molar-refractivity contribution in [3.8, 4) is 35.3 Å². The van der Waals surface area contributed by atoms with Gasteiger partial charge < -0.3 is 18.9 Å². The van der Waals surface area contributed by atoms with Crippen molar-refractivity contribution in [1.29, 1.82) is 0 Å². The van der Waals surface area contributed by atoms with E-state index in [4.69, 9.17) is 25.4 Å². The SMILES string of the molecule is C#CCCOc1cc(OC)c(OC)c(OC)c1. The summed E-state index contributed by atoms with van der Waals surface area (Å²) < 4.78 is 21.1. The number of ether oxygens (including phenoxy) is 4. The fourth-order valence-electron chi connectivity index (χ4n) is 1.37. The van der Waals surface area contributed by atoms with E-state index in [1.165, 1.54) is 0 Å². The van der Waals surface area contributed by atoms with Crippen LogP contribution in [0.15, 0.2) is 12.1 Å². The molecule has 0 saturated carbocycles. The van der Waals surface area contributed by atoms with E-state index in [9.17, 15) is 0 Å². The Labute approximate surface area is 101 Å². The van der Waals surface area contributed by atoms with Crippen LogP contribution in [0.1, 0.15) is 6.42 Å². The smallest absolute Gasteiger partial charge is 0.203 e. The average molecular weight is 236 g/mol. The lowest BCUT2D eigenvalue weighted by Gasteiger charge is -2.14. The van der Waals surface area contributed by atoms with E-state index in [1.807, 2.05) is 0 Å². The molecule has 4 heteroatoms. The second-order valence-corrected chi connectivity index (χ2v) is 3.16. The molecule has 0 aliphatic rings. The minimum Gasteiger partial charge on any atom is -0.493 e. The lowest BCUT2D eigenvalue weighted by Crippen LogP contribution is -1.99. The van der Waals surface area contributed by atoms with Crippen molar-refractivity contribution >= 4 is 0 Å². The van der Waals surface area contributed by atoms with Crippen LogP contribution >= 0.6 is 0 Å². The third-order valence-corrected chi connectivity index (χ3v) is 2.15. The van der Waals surface area contributed by atoms with Gasteiger partial charge in [-0.1, -0.05) is 0 Å². The highest BCUT2D eigenvalue weighted by Gasteiger charge is 2.13. The first-order valence-corrected chi connectivity index (χ1v) is 5.13.